The van der Waals surface area contributed by atoms with Gasteiger partial charge in [0.2, 0.25) is 18.1 Å². The minimum atomic E-state index is -0.368. The minimum absolute atomic E-state index is 0.159. The van der Waals surface area contributed by atoms with Crippen molar-refractivity contribution in [2.45, 2.75) is 44.2 Å². The van der Waals surface area contributed by atoms with Gasteiger partial charge in [-0.1, -0.05) is 48.7 Å². The van der Waals surface area contributed by atoms with E-state index in [1.54, 1.807) is 0 Å². The van der Waals surface area contributed by atoms with Crippen LogP contribution in [0.4, 0.5) is 0 Å². The molecule has 1 aliphatic carbocycles. The molecule has 2 fully saturated rings. The largest absolute Gasteiger partial charge is 0.379 e. The third kappa shape index (κ3) is 3.89. The summed E-state index contributed by atoms with van der Waals surface area (Å²) in [6.45, 7) is 3.64. The summed E-state index contributed by atoms with van der Waals surface area (Å²) in [6, 6.07) is 7.89. The lowest BCUT2D eigenvalue weighted by atomic mass is 9.79. The van der Waals surface area contributed by atoms with Crippen LogP contribution in [0, 0.1) is 0 Å². The first-order chi connectivity index (χ1) is 13.3. The molecule has 2 aliphatic rings. The van der Waals surface area contributed by atoms with Crippen molar-refractivity contribution >= 4 is 5.91 Å². The van der Waals surface area contributed by atoms with Gasteiger partial charge in [-0.15, -0.1) is 0 Å². The fraction of sp³-hybridized carbons (Fsp3) is 0.550. The third-order valence-electron chi connectivity index (χ3n) is 5.75. The van der Waals surface area contributed by atoms with Crippen LogP contribution in [0.1, 0.15) is 37.7 Å². The Morgan fingerprint density at radius 2 is 1.85 bits per heavy atom. The molecule has 4 rings (SSSR count). The van der Waals surface area contributed by atoms with E-state index in [1.807, 2.05) is 24.3 Å². The lowest BCUT2D eigenvalue weighted by Gasteiger charge is -2.46. The van der Waals surface area contributed by atoms with E-state index in [9.17, 15) is 4.79 Å². The van der Waals surface area contributed by atoms with Crippen LogP contribution in [0.3, 0.4) is 0 Å². The number of nitrogens with zero attached hydrogens (tertiary/aromatic N) is 3. The van der Waals surface area contributed by atoms with E-state index in [4.69, 9.17) is 9.26 Å². The molecule has 1 aromatic carbocycles. The first kappa shape index (κ1) is 18.1. The van der Waals surface area contributed by atoms with E-state index in [0.29, 0.717) is 25.6 Å². The fourth-order valence-electron chi connectivity index (χ4n) is 4.23. The number of carbonyl (C=O) groups excluding carboxylic acids is 1. The maximum atomic E-state index is 13.2. The topological polar surface area (TPSA) is 80.5 Å². The minimum Gasteiger partial charge on any atom is -0.379 e. The molecule has 1 saturated carbocycles. The second-order valence-corrected chi connectivity index (χ2v) is 7.33. The molecular weight excluding hydrogens is 344 g/mol. The Morgan fingerprint density at radius 3 is 2.52 bits per heavy atom. The number of amides is 1. The van der Waals surface area contributed by atoms with Crippen LogP contribution < -0.4 is 5.32 Å². The Bertz CT molecular complexity index is 733. The number of hydrogen-bond donors (Lipinski definition) is 1. The molecule has 7 heteroatoms. The van der Waals surface area contributed by atoms with Gasteiger partial charge in [0.1, 0.15) is 5.54 Å². The summed E-state index contributed by atoms with van der Waals surface area (Å²) in [5.41, 5.74) is 1.59. The smallest absolute Gasteiger partial charge is 0.240 e. The van der Waals surface area contributed by atoms with Gasteiger partial charge < -0.3 is 14.6 Å². The van der Waals surface area contributed by atoms with Gasteiger partial charge in [0.25, 0.3) is 0 Å². The van der Waals surface area contributed by atoms with E-state index in [1.165, 1.54) is 12.8 Å². The number of aromatic nitrogens is 2. The summed E-state index contributed by atoms with van der Waals surface area (Å²) >= 11 is 0. The molecule has 1 aromatic heterocycles. The van der Waals surface area contributed by atoms with E-state index >= 15 is 0 Å². The van der Waals surface area contributed by atoms with Crippen LogP contribution in [0.15, 0.2) is 35.2 Å². The molecule has 1 aliphatic heterocycles. The molecule has 0 unspecified atom stereocenters. The molecule has 1 N–H and O–H groups in total. The number of ether oxygens (including phenoxy) is 1. The Labute approximate surface area is 159 Å². The zero-order chi connectivity index (χ0) is 18.5. The Balaban J connectivity index is 1.42. The number of nitrogens with one attached hydrogen (secondary N) is 1. The first-order valence-corrected chi connectivity index (χ1v) is 9.75. The normalized spacial score (nSPS) is 20.3. The fourth-order valence-corrected chi connectivity index (χ4v) is 4.23. The third-order valence-corrected chi connectivity index (χ3v) is 5.75. The van der Waals surface area contributed by atoms with Gasteiger partial charge in [0.15, 0.2) is 0 Å². The quantitative estimate of drug-likeness (QED) is 0.870. The van der Waals surface area contributed by atoms with Crippen molar-refractivity contribution in [1.82, 2.24) is 20.4 Å². The van der Waals surface area contributed by atoms with E-state index in [-0.39, 0.29) is 11.4 Å². The molecule has 0 radical (unpaired) electrons. The zero-order valence-corrected chi connectivity index (χ0v) is 15.5. The van der Waals surface area contributed by atoms with Gasteiger partial charge >= 0.3 is 0 Å². The van der Waals surface area contributed by atoms with Crippen molar-refractivity contribution < 1.29 is 14.1 Å². The average molecular weight is 370 g/mol. The predicted octanol–water partition coefficient (Wildman–Crippen LogP) is 2.39. The molecule has 0 atom stereocenters. The van der Waals surface area contributed by atoms with Gasteiger partial charge in [-0.2, -0.15) is 4.98 Å². The highest BCUT2D eigenvalue weighted by molar-refractivity contribution is 5.86. The standard InChI is InChI=1S/C20H26N4O3/c25-19(20(8-2-1-3-9-20)24-10-12-26-13-11-24)21-14-16-4-6-17(7-5-16)18-22-15-27-23-18/h4-7,15H,1-3,8-14H2,(H,21,25). The summed E-state index contributed by atoms with van der Waals surface area (Å²) in [5.74, 6) is 0.727. The average Bonchev–Trinajstić information content (AvgIpc) is 3.28. The summed E-state index contributed by atoms with van der Waals surface area (Å²) in [4.78, 5) is 19.6. The van der Waals surface area contributed by atoms with Crippen LogP contribution in [-0.4, -0.2) is 52.8 Å². The van der Waals surface area contributed by atoms with E-state index < -0.39 is 0 Å². The molecular formula is C20H26N4O3. The predicted molar refractivity (Wildman–Crippen MR) is 99.8 cm³/mol. The number of hydrogen-bond acceptors (Lipinski definition) is 6. The molecule has 144 valence electrons. The van der Waals surface area contributed by atoms with Crippen LogP contribution in [0.5, 0.6) is 0 Å². The van der Waals surface area contributed by atoms with Crippen LogP contribution in [-0.2, 0) is 16.1 Å². The maximum absolute atomic E-state index is 13.2. The first-order valence-electron chi connectivity index (χ1n) is 9.75. The summed E-state index contributed by atoms with van der Waals surface area (Å²) < 4.78 is 10.3. The van der Waals surface area contributed by atoms with Crippen LogP contribution >= 0.6 is 0 Å². The number of benzene rings is 1. The molecule has 0 spiro atoms. The molecule has 1 saturated heterocycles. The Hall–Kier alpha value is -2.25. The lowest BCUT2D eigenvalue weighted by molar-refractivity contribution is -0.140. The van der Waals surface area contributed by atoms with Crippen molar-refractivity contribution in [3.63, 3.8) is 0 Å². The summed E-state index contributed by atoms with van der Waals surface area (Å²) in [6.07, 6.45) is 6.65. The van der Waals surface area contributed by atoms with Crippen LogP contribution in [0.2, 0.25) is 0 Å². The molecule has 2 heterocycles. The van der Waals surface area contributed by atoms with Gasteiger partial charge in [-0.25, -0.2) is 0 Å². The van der Waals surface area contributed by atoms with Gasteiger partial charge in [-0.05, 0) is 18.4 Å². The highest BCUT2D eigenvalue weighted by atomic mass is 16.5. The molecule has 27 heavy (non-hydrogen) atoms. The van der Waals surface area contributed by atoms with Crippen LogP contribution in [0.25, 0.3) is 11.4 Å². The lowest BCUT2D eigenvalue weighted by Crippen LogP contribution is -2.62. The number of rotatable bonds is 5. The van der Waals surface area contributed by atoms with Crippen molar-refractivity contribution in [2.75, 3.05) is 26.3 Å². The van der Waals surface area contributed by atoms with E-state index in [2.05, 4.69) is 20.4 Å². The Kier molecular flexibility index (Phi) is 5.50. The molecule has 2 aromatic rings. The number of carbonyl (C=O) groups is 1. The number of morpholine rings is 1. The highest BCUT2D eigenvalue weighted by Crippen LogP contribution is 2.34. The van der Waals surface area contributed by atoms with Crippen molar-refractivity contribution in [3.8, 4) is 11.4 Å². The van der Waals surface area contributed by atoms with Crippen molar-refractivity contribution in [1.29, 1.82) is 0 Å². The van der Waals surface area contributed by atoms with Gasteiger partial charge in [-0.3, -0.25) is 9.69 Å². The second kappa shape index (κ2) is 8.19. The molecule has 0 bridgehead atoms. The maximum Gasteiger partial charge on any atom is 0.240 e. The van der Waals surface area contributed by atoms with Gasteiger partial charge in [0.05, 0.1) is 13.2 Å². The SMILES string of the molecule is O=C(NCc1ccc(-c2ncon2)cc1)C1(N2CCOCC2)CCCCC1. The van der Waals surface area contributed by atoms with Crippen molar-refractivity contribution in [3.05, 3.63) is 36.2 Å². The summed E-state index contributed by atoms with van der Waals surface area (Å²) in [7, 11) is 0. The monoisotopic (exact) mass is 370 g/mol. The molecule has 7 nitrogen and oxygen atoms in total. The highest BCUT2D eigenvalue weighted by Gasteiger charge is 2.44. The van der Waals surface area contributed by atoms with E-state index in [0.717, 1.165) is 49.9 Å². The Morgan fingerprint density at radius 1 is 1.11 bits per heavy atom. The van der Waals surface area contributed by atoms with Gasteiger partial charge in [0, 0.05) is 25.2 Å². The molecule has 1 amide bonds. The van der Waals surface area contributed by atoms with Crippen molar-refractivity contribution in [2.24, 2.45) is 0 Å². The summed E-state index contributed by atoms with van der Waals surface area (Å²) in [5, 5.41) is 7.03. The second-order valence-electron chi connectivity index (χ2n) is 7.33. The zero-order valence-electron chi connectivity index (χ0n) is 15.5.